The van der Waals surface area contributed by atoms with Crippen LogP contribution in [0, 0.1) is 0 Å². The van der Waals surface area contributed by atoms with E-state index in [0.717, 1.165) is 32.1 Å². The van der Waals surface area contributed by atoms with Gasteiger partial charge in [0.15, 0.2) is 12.1 Å². The van der Waals surface area contributed by atoms with Crippen LogP contribution in [-0.2, 0) is 28.6 Å². The summed E-state index contributed by atoms with van der Waals surface area (Å²) in [7, 11) is 5.47. The average molecular weight is 569 g/mol. The summed E-state index contributed by atoms with van der Waals surface area (Å²) in [5, 5.41) is 9.50. The molecule has 2 atom stereocenters. The quantitative estimate of drug-likeness (QED) is 0.0542. The van der Waals surface area contributed by atoms with E-state index in [9.17, 15) is 19.5 Å². The third-order valence-electron chi connectivity index (χ3n) is 6.63. The highest BCUT2D eigenvalue weighted by Gasteiger charge is 2.31. The molecule has 0 aromatic rings. The zero-order valence-electron chi connectivity index (χ0n) is 26.0. The summed E-state index contributed by atoms with van der Waals surface area (Å²) in [6, 6.07) is -0.617. The number of unbranched alkanes of at least 4 members (excludes halogenated alkanes) is 8. The minimum Gasteiger partial charge on any atom is -0.477 e. The number of esters is 2. The smallest absolute Gasteiger partial charge is 0.362 e. The number of rotatable bonds is 26. The van der Waals surface area contributed by atoms with Gasteiger partial charge in [0.25, 0.3) is 0 Å². The van der Waals surface area contributed by atoms with E-state index in [1.807, 2.05) is 33.3 Å². The van der Waals surface area contributed by atoms with Crippen LogP contribution in [0.4, 0.5) is 0 Å². The normalized spacial score (nSPS) is 13.5. The summed E-state index contributed by atoms with van der Waals surface area (Å²) in [6.07, 6.45) is 21.2. The predicted octanol–water partition coefficient (Wildman–Crippen LogP) is 6.62. The molecule has 40 heavy (non-hydrogen) atoms. The summed E-state index contributed by atoms with van der Waals surface area (Å²) >= 11 is 0. The number of carboxylic acid groups (broad SMARTS) is 1. The summed E-state index contributed by atoms with van der Waals surface area (Å²) in [5.74, 6) is -1.57. The van der Waals surface area contributed by atoms with Crippen molar-refractivity contribution in [2.45, 2.75) is 122 Å². The number of quaternary nitrogens is 1. The van der Waals surface area contributed by atoms with Crippen molar-refractivity contribution >= 4 is 17.9 Å². The summed E-state index contributed by atoms with van der Waals surface area (Å²) < 4.78 is 16.9. The van der Waals surface area contributed by atoms with Gasteiger partial charge in [0.05, 0.1) is 34.4 Å². The Morgan fingerprint density at radius 2 is 1.40 bits per heavy atom. The molecule has 232 valence electrons. The van der Waals surface area contributed by atoms with E-state index < -0.39 is 18.1 Å². The fourth-order valence-electron chi connectivity index (χ4n) is 4.21. The molecule has 0 aliphatic rings. The molecule has 8 nitrogen and oxygen atoms in total. The molecule has 0 aromatic carbocycles. The van der Waals surface area contributed by atoms with E-state index in [-0.39, 0.29) is 42.7 Å². The highest BCUT2D eigenvalue weighted by molar-refractivity contribution is 5.72. The Morgan fingerprint density at radius 3 is 2.00 bits per heavy atom. The first-order chi connectivity index (χ1) is 19.1. The van der Waals surface area contributed by atoms with Crippen molar-refractivity contribution in [3.05, 3.63) is 24.3 Å². The Bertz CT molecular complexity index is 727. The minimum absolute atomic E-state index is 0.0399. The molecule has 2 unspecified atom stereocenters. The second kappa shape index (κ2) is 24.6. The lowest BCUT2D eigenvalue weighted by molar-refractivity contribution is -0.887. The first-order valence-corrected chi connectivity index (χ1v) is 15.4. The van der Waals surface area contributed by atoms with Crippen LogP contribution < -0.4 is 0 Å². The van der Waals surface area contributed by atoms with Crippen LogP contribution in [-0.4, -0.2) is 80.6 Å². The topological polar surface area (TPSA) is 99.1 Å². The lowest BCUT2D eigenvalue weighted by atomic mass is 10.1. The molecule has 0 amide bonds. The SMILES string of the molecule is CC/C=C/C/C=C/CCC(=O)OC(COCCC(C(=O)O)[N+](C)(C)C)COC(=O)CCCCCCCCCCC. The maximum absolute atomic E-state index is 12.4. The summed E-state index contributed by atoms with van der Waals surface area (Å²) in [5.41, 5.74) is 0. The molecule has 1 N–H and O–H groups in total. The van der Waals surface area contributed by atoms with Gasteiger partial charge in [-0.15, -0.1) is 0 Å². The number of carbonyl (C=O) groups excluding carboxylic acids is 2. The number of aliphatic carboxylic acids is 1. The van der Waals surface area contributed by atoms with E-state index in [0.29, 0.717) is 19.3 Å². The van der Waals surface area contributed by atoms with Gasteiger partial charge in [-0.25, -0.2) is 4.79 Å². The van der Waals surface area contributed by atoms with Gasteiger partial charge < -0.3 is 23.8 Å². The second-order valence-corrected chi connectivity index (χ2v) is 11.3. The van der Waals surface area contributed by atoms with E-state index in [4.69, 9.17) is 14.2 Å². The molecule has 0 fully saturated rings. The molecule has 0 saturated carbocycles. The Balaban J connectivity index is 4.57. The van der Waals surface area contributed by atoms with Crippen molar-refractivity contribution in [2.75, 3.05) is 41.0 Å². The number of likely N-dealkylation sites (N-methyl/N-ethyl adjacent to an activating group) is 1. The fraction of sp³-hybridized carbons (Fsp3) is 0.781. The minimum atomic E-state index is -0.886. The lowest BCUT2D eigenvalue weighted by Gasteiger charge is -2.31. The molecule has 0 radical (unpaired) electrons. The third-order valence-corrected chi connectivity index (χ3v) is 6.63. The van der Waals surface area contributed by atoms with Gasteiger partial charge in [0.1, 0.15) is 6.61 Å². The van der Waals surface area contributed by atoms with Crippen LogP contribution in [0.3, 0.4) is 0 Å². The molecule has 0 aliphatic heterocycles. The molecule has 0 saturated heterocycles. The predicted molar refractivity (Wildman–Crippen MR) is 160 cm³/mol. The number of hydrogen-bond acceptors (Lipinski definition) is 6. The van der Waals surface area contributed by atoms with Gasteiger partial charge in [-0.3, -0.25) is 9.59 Å². The highest BCUT2D eigenvalue weighted by Crippen LogP contribution is 2.12. The Morgan fingerprint density at radius 1 is 0.775 bits per heavy atom. The highest BCUT2D eigenvalue weighted by atomic mass is 16.6. The largest absolute Gasteiger partial charge is 0.477 e. The molecule has 0 rings (SSSR count). The molecule has 0 bridgehead atoms. The number of hydrogen-bond donors (Lipinski definition) is 1. The zero-order valence-corrected chi connectivity index (χ0v) is 26.0. The Labute approximate surface area is 243 Å². The Kier molecular flexibility index (Phi) is 23.2. The molecular formula is C32H58NO7+. The van der Waals surface area contributed by atoms with E-state index in [1.54, 1.807) is 0 Å². The number of carbonyl (C=O) groups is 3. The van der Waals surface area contributed by atoms with Gasteiger partial charge >= 0.3 is 17.9 Å². The second-order valence-electron chi connectivity index (χ2n) is 11.3. The van der Waals surface area contributed by atoms with Gasteiger partial charge in [-0.2, -0.15) is 0 Å². The summed E-state index contributed by atoms with van der Waals surface area (Å²) in [4.78, 5) is 36.3. The lowest BCUT2D eigenvalue weighted by Crippen LogP contribution is -2.50. The van der Waals surface area contributed by atoms with Gasteiger partial charge in [-0.05, 0) is 25.7 Å². The third kappa shape index (κ3) is 22.6. The van der Waals surface area contributed by atoms with Crippen molar-refractivity contribution in [3.63, 3.8) is 0 Å². The molecule has 0 aromatic heterocycles. The van der Waals surface area contributed by atoms with Crippen LogP contribution in [0.1, 0.15) is 110 Å². The van der Waals surface area contributed by atoms with Crippen molar-refractivity contribution in [1.29, 1.82) is 0 Å². The maximum Gasteiger partial charge on any atom is 0.362 e. The molecular weight excluding hydrogens is 510 g/mol. The van der Waals surface area contributed by atoms with Crippen LogP contribution in [0.15, 0.2) is 24.3 Å². The number of allylic oxidation sites excluding steroid dienone is 4. The van der Waals surface area contributed by atoms with Crippen LogP contribution in [0.25, 0.3) is 0 Å². The van der Waals surface area contributed by atoms with Crippen LogP contribution in [0.5, 0.6) is 0 Å². The average Bonchev–Trinajstić information content (AvgIpc) is 2.89. The van der Waals surface area contributed by atoms with Crippen molar-refractivity contribution < 1.29 is 38.2 Å². The van der Waals surface area contributed by atoms with Gasteiger partial charge in [-0.1, -0.05) is 89.5 Å². The van der Waals surface area contributed by atoms with Crippen LogP contribution >= 0.6 is 0 Å². The fourth-order valence-corrected chi connectivity index (χ4v) is 4.21. The summed E-state index contributed by atoms with van der Waals surface area (Å²) in [6.45, 7) is 4.46. The molecule has 8 heteroatoms. The van der Waals surface area contributed by atoms with E-state index >= 15 is 0 Å². The molecule has 0 aliphatic carbocycles. The molecule has 0 heterocycles. The van der Waals surface area contributed by atoms with Gasteiger partial charge in [0.2, 0.25) is 0 Å². The number of carboxylic acids is 1. The number of nitrogens with zero attached hydrogens (tertiary/aromatic N) is 1. The Hall–Kier alpha value is -2.19. The zero-order chi connectivity index (χ0) is 30.1. The molecule has 0 spiro atoms. The van der Waals surface area contributed by atoms with E-state index in [2.05, 4.69) is 26.0 Å². The van der Waals surface area contributed by atoms with Crippen molar-refractivity contribution in [3.8, 4) is 0 Å². The van der Waals surface area contributed by atoms with Crippen molar-refractivity contribution in [2.24, 2.45) is 0 Å². The van der Waals surface area contributed by atoms with E-state index in [1.165, 1.54) is 38.5 Å². The maximum atomic E-state index is 12.4. The van der Waals surface area contributed by atoms with Gasteiger partial charge in [0, 0.05) is 19.3 Å². The first-order valence-electron chi connectivity index (χ1n) is 15.4. The monoisotopic (exact) mass is 568 g/mol. The van der Waals surface area contributed by atoms with Crippen molar-refractivity contribution in [1.82, 2.24) is 0 Å². The standard InChI is InChI=1S/C32H57NO7/c1-6-8-10-12-14-15-17-18-20-22-30(34)39-27-28(26-38-25-24-29(32(36)37)33(3,4)5)40-31(35)23-21-19-16-13-11-9-7-2/h9,11,16,19,28-29H,6-8,10,12-15,17-18,20-27H2,1-5H3/p+1/b11-9+,19-16+. The van der Waals surface area contributed by atoms with Crippen LogP contribution in [0.2, 0.25) is 0 Å². The first kappa shape index (κ1) is 37.8. The number of ether oxygens (including phenoxy) is 3.